The van der Waals surface area contributed by atoms with Crippen molar-refractivity contribution >= 4 is 23.5 Å². The van der Waals surface area contributed by atoms with Gasteiger partial charge in [0.05, 0.1) is 0 Å². The van der Waals surface area contributed by atoms with Gasteiger partial charge in [-0.1, -0.05) is 46.9 Å². The van der Waals surface area contributed by atoms with Crippen LogP contribution < -0.4 is 16.0 Å². The minimum absolute atomic E-state index is 0.0330. The molecule has 0 aromatic rings. The molecule has 3 N–H and O–H groups in total. The Morgan fingerprint density at radius 2 is 1.05 bits per heavy atom. The van der Waals surface area contributed by atoms with Gasteiger partial charge in [-0.2, -0.15) is 0 Å². The zero-order valence-electron chi connectivity index (χ0n) is 27.7. The molecule has 0 aliphatic heterocycles. The van der Waals surface area contributed by atoms with Crippen molar-refractivity contribution in [3.63, 3.8) is 0 Å². The van der Waals surface area contributed by atoms with Crippen LogP contribution in [0.4, 0.5) is 0 Å². The molecule has 0 radical (unpaired) electrons. The SMILES string of the molecule is C=CC(=O)C(C)(C)C.C=CC(=O)NC(C)(C)C.CCC(=O)NC(C)(C)C.CN(C)C/C=C/C(=O)NC(C)(C)C. The fourth-order valence-corrected chi connectivity index (χ4v) is 2.02. The molecule has 0 saturated carbocycles. The van der Waals surface area contributed by atoms with Gasteiger partial charge in [-0.3, -0.25) is 19.2 Å². The standard InChI is InChI=1S/C10H20N2O.C7H15NO.C7H13NO.C7H12O/c1-10(2,3)11-9(13)7-6-8-12(4)5;2*1-5-6(9)8-7(2,3)4;1-5-6(8)7(2,3)4/h6-7H,8H2,1-5H3,(H,11,13);5H2,1-4H3,(H,8,9);5H,1H2,2-4H3,(H,8,9);5H,1H2,2-4H3/b7-6+;;;. The number of nitrogens with zero attached hydrogens (tertiary/aromatic N) is 1. The Balaban J connectivity index is -0.000000214. The molecule has 8 nitrogen and oxygen atoms in total. The number of rotatable bonds is 6. The van der Waals surface area contributed by atoms with Gasteiger partial charge in [0.2, 0.25) is 17.7 Å². The second kappa shape index (κ2) is 20.2. The summed E-state index contributed by atoms with van der Waals surface area (Å²) < 4.78 is 0. The number of nitrogens with one attached hydrogen (secondary N) is 3. The molecule has 3 amide bonds. The second-order valence-electron chi connectivity index (χ2n) is 13.3. The van der Waals surface area contributed by atoms with Crippen LogP contribution in [0, 0.1) is 5.41 Å². The molecule has 0 unspecified atom stereocenters. The van der Waals surface area contributed by atoms with Crippen LogP contribution >= 0.6 is 0 Å². The summed E-state index contributed by atoms with van der Waals surface area (Å²) in [5.74, 6) is 0.0526. The van der Waals surface area contributed by atoms with E-state index in [1.165, 1.54) is 12.2 Å². The van der Waals surface area contributed by atoms with Crippen LogP contribution in [-0.2, 0) is 19.2 Å². The molecule has 0 aliphatic carbocycles. The van der Waals surface area contributed by atoms with Crippen molar-refractivity contribution in [2.24, 2.45) is 5.41 Å². The van der Waals surface area contributed by atoms with E-state index in [0.29, 0.717) is 6.42 Å². The molecular weight excluding hydrogens is 492 g/mol. The zero-order valence-corrected chi connectivity index (χ0v) is 27.7. The Morgan fingerprint density at radius 3 is 1.23 bits per heavy atom. The molecule has 0 rings (SSSR count). The first-order valence-corrected chi connectivity index (χ1v) is 13.3. The average Bonchev–Trinajstić information content (AvgIpc) is 2.69. The molecule has 8 heteroatoms. The third kappa shape index (κ3) is 42.6. The minimum atomic E-state index is -0.248. The van der Waals surface area contributed by atoms with E-state index in [-0.39, 0.29) is 45.5 Å². The molecular formula is C31H60N4O4. The smallest absolute Gasteiger partial charge is 0.244 e. The second-order valence-corrected chi connectivity index (χ2v) is 13.3. The van der Waals surface area contributed by atoms with Crippen LogP contribution in [0.15, 0.2) is 37.5 Å². The van der Waals surface area contributed by atoms with Crippen molar-refractivity contribution in [1.29, 1.82) is 0 Å². The maximum atomic E-state index is 11.2. The van der Waals surface area contributed by atoms with Gasteiger partial charge in [0, 0.05) is 41.1 Å². The van der Waals surface area contributed by atoms with Gasteiger partial charge in [0.25, 0.3) is 0 Å². The number of likely N-dealkylation sites (N-methyl/N-ethyl adjacent to an activating group) is 1. The molecule has 0 aromatic heterocycles. The molecule has 0 bridgehead atoms. The fourth-order valence-electron chi connectivity index (χ4n) is 2.02. The molecule has 228 valence electrons. The Labute approximate surface area is 240 Å². The molecule has 0 aromatic carbocycles. The molecule has 0 fully saturated rings. The summed E-state index contributed by atoms with van der Waals surface area (Å²) >= 11 is 0. The predicted octanol–water partition coefficient (Wildman–Crippen LogP) is 5.20. The van der Waals surface area contributed by atoms with Crippen LogP contribution in [0.25, 0.3) is 0 Å². The summed E-state index contributed by atoms with van der Waals surface area (Å²) in [5, 5.41) is 8.39. The van der Waals surface area contributed by atoms with Crippen molar-refractivity contribution in [3.8, 4) is 0 Å². The molecule has 0 aliphatic rings. The lowest BCUT2D eigenvalue weighted by molar-refractivity contribution is -0.122. The highest BCUT2D eigenvalue weighted by Crippen LogP contribution is 2.14. The number of ketones is 1. The number of carbonyl (C=O) groups excluding carboxylic acids is 4. The molecule has 0 atom stereocenters. The van der Waals surface area contributed by atoms with Crippen molar-refractivity contribution in [3.05, 3.63) is 37.5 Å². The quantitative estimate of drug-likeness (QED) is 0.392. The van der Waals surface area contributed by atoms with Gasteiger partial charge in [0.1, 0.15) is 0 Å². The van der Waals surface area contributed by atoms with E-state index >= 15 is 0 Å². The van der Waals surface area contributed by atoms with Gasteiger partial charge in [-0.25, -0.2) is 0 Å². The first kappa shape index (κ1) is 43.3. The van der Waals surface area contributed by atoms with Crippen LogP contribution in [0.2, 0.25) is 0 Å². The maximum Gasteiger partial charge on any atom is 0.244 e. The third-order valence-corrected chi connectivity index (χ3v) is 3.68. The zero-order chi connectivity index (χ0) is 32.3. The topological polar surface area (TPSA) is 108 Å². The molecule has 39 heavy (non-hydrogen) atoms. The van der Waals surface area contributed by atoms with Gasteiger partial charge >= 0.3 is 0 Å². The van der Waals surface area contributed by atoms with Crippen molar-refractivity contribution < 1.29 is 19.2 Å². The lowest BCUT2D eigenvalue weighted by Gasteiger charge is -2.19. The monoisotopic (exact) mass is 552 g/mol. The summed E-state index contributed by atoms with van der Waals surface area (Å²) in [6.45, 7) is 32.5. The van der Waals surface area contributed by atoms with Gasteiger partial charge in [-0.05, 0) is 88.6 Å². The van der Waals surface area contributed by atoms with E-state index in [4.69, 9.17) is 0 Å². The lowest BCUT2D eigenvalue weighted by atomic mass is 9.91. The van der Waals surface area contributed by atoms with Crippen LogP contribution in [0.5, 0.6) is 0 Å². The Morgan fingerprint density at radius 1 is 0.667 bits per heavy atom. The minimum Gasteiger partial charge on any atom is -0.352 e. The average molecular weight is 553 g/mol. The third-order valence-electron chi connectivity index (χ3n) is 3.68. The summed E-state index contributed by atoms with van der Waals surface area (Å²) in [7, 11) is 3.93. The maximum absolute atomic E-state index is 11.2. The number of amides is 3. The highest BCUT2D eigenvalue weighted by Gasteiger charge is 2.16. The van der Waals surface area contributed by atoms with E-state index in [1.54, 1.807) is 6.08 Å². The number of allylic oxidation sites excluding steroid dienone is 1. The molecule has 0 heterocycles. The van der Waals surface area contributed by atoms with E-state index in [9.17, 15) is 19.2 Å². The first-order valence-electron chi connectivity index (χ1n) is 13.3. The van der Waals surface area contributed by atoms with Crippen LogP contribution in [-0.4, -0.2) is 65.7 Å². The highest BCUT2D eigenvalue weighted by atomic mass is 16.2. The van der Waals surface area contributed by atoms with Gasteiger partial charge in [0.15, 0.2) is 5.78 Å². The number of hydrogen-bond donors (Lipinski definition) is 3. The summed E-state index contributed by atoms with van der Waals surface area (Å²) in [6, 6.07) is 0. The Hall–Kier alpha value is -2.74. The van der Waals surface area contributed by atoms with Gasteiger partial charge < -0.3 is 20.9 Å². The molecule has 0 spiro atoms. The largest absolute Gasteiger partial charge is 0.352 e. The number of carbonyl (C=O) groups is 4. The normalized spacial score (nSPS) is 11.4. The summed E-state index contributed by atoms with van der Waals surface area (Å²) in [4.78, 5) is 45.3. The van der Waals surface area contributed by atoms with Crippen molar-refractivity contribution in [1.82, 2.24) is 20.9 Å². The van der Waals surface area contributed by atoms with E-state index in [1.807, 2.05) is 115 Å². The summed E-state index contributed by atoms with van der Waals surface area (Å²) in [6.07, 6.45) is 6.62. The lowest BCUT2D eigenvalue weighted by Crippen LogP contribution is -2.40. The molecule has 0 saturated heterocycles. The van der Waals surface area contributed by atoms with E-state index in [0.717, 1.165) is 6.54 Å². The Kier molecular flexibility index (Phi) is 22.4. The van der Waals surface area contributed by atoms with Gasteiger partial charge in [-0.15, -0.1) is 0 Å². The summed E-state index contributed by atoms with van der Waals surface area (Å²) in [5.41, 5.74) is -0.625. The highest BCUT2D eigenvalue weighted by molar-refractivity contribution is 5.93. The van der Waals surface area contributed by atoms with Crippen molar-refractivity contribution in [2.75, 3.05) is 20.6 Å². The Bertz CT molecular complexity index is 785. The predicted molar refractivity (Wildman–Crippen MR) is 167 cm³/mol. The first-order chi connectivity index (χ1) is 17.2. The number of hydrogen-bond acceptors (Lipinski definition) is 5. The van der Waals surface area contributed by atoms with Crippen LogP contribution in [0.3, 0.4) is 0 Å². The van der Waals surface area contributed by atoms with Crippen molar-refractivity contribution in [2.45, 2.75) is 113 Å². The van der Waals surface area contributed by atoms with Crippen LogP contribution in [0.1, 0.15) is 96.4 Å². The van der Waals surface area contributed by atoms with E-state index in [2.05, 4.69) is 29.1 Å². The fraction of sp³-hybridized carbons (Fsp3) is 0.677. The van der Waals surface area contributed by atoms with E-state index < -0.39 is 0 Å².